The number of pyridine rings is 1. The molecular weight excluding hydrogens is 246 g/mol. The van der Waals surface area contributed by atoms with E-state index < -0.39 is 5.97 Å². The summed E-state index contributed by atoms with van der Waals surface area (Å²) in [6.45, 7) is 1.76. The predicted molar refractivity (Wildman–Crippen MR) is 65.7 cm³/mol. The summed E-state index contributed by atoms with van der Waals surface area (Å²) in [5.74, 6) is -0.330. The fourth-order valence-electron chi connectivity index (χ4n) is 1.74. The van der Waals surface area contributed by atoms with Gasteiger partial charge in [0.15, 0.2) is 11.5 Å². The third-order valence-electron chi connectivity index (χ3n) is 2.65. The third kappa shape index (κ3) is 1.90. The number of hydrogen-bond acceptors (Lipinski definition) is 5. The number of carbonyl (C=O) groups is 1. The summed E-state index contributed by atoms with van der Waals surface area (Å²) >= 11 is 0. The van der Waals surface area contributed by atoms with Crippen LogP contribution in [-0.4, -0.2) is 35.6 Å². The number of aromatic nitrogens is 5. The Labute approximate surface area is 107 Å². The fourth-order valence-corrected chi connectivity index (χ4v) is 1.74. The number of carboxylic acid groups (broad SMARTS) is 1. The van der Waals surface area contributed by atoms with E-state index in [0.29, 0.717) is 11.5 Å². The molecule has 0 unspecified atom stereocenters. The summed E-state index contributed by atoms with van der Waals surface area (Å²) in [5, 5.41) is 13.3. The van der Waals surface area contributed by atoms with E-state index in [4.69, 9.17) is 5.11 Å². The molecule has 0 saturated heterocycles. The van der Waals surface area contributed by atoms with E-state index in [2.05, 4.69) is 20.1 Å². The first kappa shape index (κ1) is 11.3. The molecule has 1 N–H and O–H groups in total. The third-order valence-corrected chi connectivity index (χ3v) is 2.65. The molecule has 0 fully saturated rings. The summed E-state index contributed by atoms with van der Waals surface area (Å²) in [7, 11) is 0. The van der Waals surface area contributed by atoms with E-state index in [1.807, 2.05) is 0 Å². The Morgan fingerprint density at radius 3 is 2.68 bits per heavy atom. The maximum Gasteiger partial charge on any atom is 0.354 e. The minimum Gasteiger partial charge on any atom is -0.477 e. The molecule has 7 heteroatoms. The van der Waals surface area contributed by atoms with E-state index in [9.17, 15) is 4.79 Å². The highest BCUT2D eigenvalue weighted by molar-refractivity contribution is 5.85. The van der Waals surface area contributed by atoms with E-state index in [0.717, 1.165) is 5.56 Å². The van der Waals surface area contributed by atoms with E-state index in [-0.39, 0.29) is 11.5 Å². The SMILES string of the molecule is Cc1cc(C(=O)O)nc2nc(-c3ccncc3)nn12. The molecule has 0 aliphatic heterocycles. The highest BCUT2D eigenvalue weighted by Gasteiger charge is 2.13. The molecule has 0 saturated carbocycles. The fraction of sp³-hybridized carbons (Fsp3) is 0.0833. The Morgan fingerprint density at radius 2 is 2.00 bits per heavy atom. The molecule has 19 heavy (non-hydrogen) atoms. The van der Waals surface area contributed by atoms with Crippen LogP contribution >= 0.6 is 0 Å². The second-order valence-electron chi connectivity index (χ2n) is 3.97. The van der Waals surface area contributed by atoms with Crippen molar-refractivity contribution in [1.82, 2.24) is 24.6 Å². The lowest BCUT2D eigenvalue weighted by Gasteiger charge is -1.98. The van der Waals surface area contributed by atoms with Crippen molar-refractivity contribution in [2.75, 3.05) is 0 Å². The number of fused-ring (bicyclic) bond motifs is 1. The van der Waals surface area contributed by atoms with Crippen LogP contribution in [0.25, 0.3) is 17.2 Å². The summed E-state index contributed by atoms with van der Waals surface area (Å²) in [5.41, 5.74) is 1.42. The molecule has 0 amide bonds. The number of aryl methyl sites for hydroxylation is 1. The van der Waals surface area contributed by atoms with Crippen molar-refractivity contribution >= 4 is 11.7 Å². The number of rotatable bonds is 2. The van der Waals surface area contributed by atoms with Crippen molar-refractivity contribution in [1.29, 1.82) is 0 Å². The van der Waals surface area contributed by atoms with Crippen LogP contribution in [0.15, 0.2) is 30.6 Å². The van der Waals surface area contributed by atoms with Gasteiger partial charge in [-0.15, -0.1) is 5.10 Å². The van der Waals surface area contributed by atoms with Gasteiger partial charge >= 0.3 is 5.97 Å². The van der Waals surface area contributed by atoms with Gasteiger partial charge in [-0.2, -0.15) is 4.98 Å². The molecule has 3 heterocycles. The number of hydrogen-bond donors (Lipinski definition) is 1. The van der Waals surface area contributed by atoms with E-state index in [1.165, 1.54) is 10.6 Å². The maximum atomic E-state index is 10.9. The number of carboxylic acids is 1. The molecule has 0 bridgehead atoms. The van der Waals surface area contributed by atoms with Gasteiger partial charge in [0, 0.05) is 23.7 Å². The molecular formula is C12H9N5O2. The molecule has 3 aromatic heterocycles. The van der Waals surface area contributed by atoms with Gasteiger partial charge in [-0.3, -0.25) is 4.98 Å². The van der Waals surface area contributed by atoms with E-state index >= 15 is 0 Å². The van der Waals surface area contributed by atoms with Crippen LogP contribution in [0.1, 0.15) is 16.2 Å². The molecule has 3 aromatic rings. The maximum absolute atomic E-state index is 10.9. The average Bonchev–Trinajstić information content (AvgIpc) is 2.84. The zero-order valence-electron chi connectivity index (χ0n) is 9.98. The lowest BCUT2D eigenvalue weighted by Crippen LogP contribution is -2.05. The Hall–Kier alpha value is -2.83. The minimum atomic E-state index is -1.08. The zero-order chi connectivity index (χ0) is 13.4. The van der Waals surface area contributed by atoms with Crippen LogP contribution in [0.2, 0.25) is 0 Å². The molecule has 94 valence electrons. The summed E-state index contributed by atoms with van der Waals surface area (Å²) in [6.07, 6.45) is 3.29. The van der Waals surface area contributed by atoms with Crippen molar-refractivity contribution in [3.05, 3.63) is 42.0 Å². The largest absolute Gasteiger partial charge is 0.477 e. The van der Waals surface area contributed by atoms with Crippen molar-refractivity contribution < 1.29 is 9.90 Å². The van der Waals surface area contributed by atoms with Crippen molar-refractivity contribution in [3.8, 4) is 11.4 Å². The van der Waals surface area contributed by atoms with Gasteiger partial charge in [-0.1, -0.05) is 0 Å². The van der Waals surface area contributed by atoms with Crippen LogP contribution < -0.4 is 0 Å². The zero-order valence-corrected chi connectivity index (χ0v) is 9.98. The van der Waals surface area contributed by atoms with Gasteiger partial charge in [0.1, 0.15) is 0 Å². The molecule has 0 spiro atoms. The molecule has 0 aliphatic rings. The van der Waals surface area contributed by atoms with Crippen LogP contribution in [0.3, 0.4) is 0 Å². The highest BCUT2D eigenvalue weighted by Crippen LogP contribution is 2.15. The summed E-state index contributed by atoms with van der Waals surface area (Å²) in [4.78, 5) is 23.1. The average molecular weight is 255 g/mol. The van der Waals surface area contributed by atoms with Crippen molar-refractivity contribution in [3.63, 3.8) is 0 Å². The van der Waals surface area contributed by atoms with Crippen LogP contribution in [0.4, 0.5) is 0 Å². The Bertz CT molecular complexity index is 766. The molecule has 0 aromatic carbocycles. The number of nitrogens with zero attached hydrogens (tertiary/aromatic N) is 5. The lowest BCUT2D eigenvalue weighted by molar-refractivity contribution is 0.0690. The summed E-state index contributed by atoms with van der Waals surface area (Å²) in [6, 6.07) is 5.02. The second kappa shape index (κ2) is 4.13. The standard InChI is InChI=1S/C12H9N5O2/c1-7-6-9(11(18)19)14-12-15-10(16-17(7)12)8-2-4-13-5-3-8/h2-6H,1H3,(H,18,19). The second-order valence-corrected chi connectivity index (χ2v) is 3.97. The van der Waals surface area contributed by atoms with Crippen LogP contribution in [0, 0.1) is 6.92 Å². The number of aromatic carboxylic acids is 1. The van der Waals surface area contributed by atoms with Gasteiger partial charge in [-0.05, 0) is 25.1 Å². The first-order chi connectivity index (χ1) is 9.15. The first-order valence-electron chi connectivity index (χ1n) is 5.53. The quantitative estimate of drug-likeness (QED) is 0.739. The highest BCUT2D eigenvalue weighted by atomic mass is 16.4. The smallest absolute Gasteiger partial charge is 0.354 e. The van der Waals surface area contributed by atoms with Crippen LogP contribution in [-0.2, 0) is 0 Å². The van der Waals surface area contributed by atoms with Gasteiger partial charge in [-0.25, -0.2) is 14.3 Å². The van der Waals surface area contributed by atoms with Crippen molar-refractivity contribution in [2.45, 2.75) is 6.92 Å². The molecule has 0 radical (unpaired) electrons. The molecule has 7 nitrogen and oxygen atoms in total. The van der Waals surface area contributed by atoms with Gasteiger partial charge < -0.3 is 5.11 Å². The normalized spacial score (nSPS) is 10.8. The predicted octanol–water partition coefficient (Wildman–Crippen LogP) is 1.19. The van der Waals surface area contributed by atoms with E-state index in [1.54, 1.807) is 31.5 Å². The minimum absolute atomic E-state index is 0.0429. The Balaban J connectivity index is 2.21. The molecule has 0 aliphatic carbocycles. The molecule has 0 atom stereocenters. The van der Waals surface area contributed by atoms with Gasteiger partial charge in [0.25, 0.3) is 5.78 Å². The van der Waals surface area contributed by atoms with Crippen molar-refractivity contribution in [2.24, 2.45) is 0 Å². The summed E-state index contributed by atoms with van der Waals surface area (Å²) < 4.78 is 1.52. The topological polar surface area (TPSA) is 93.3 Å². The first-order valence-corrected chi connectivity index (χ1v) is 5.53. The van der Waals surface area contributed by atoms with Gasteiger partial charge in [0.05, 0.1) is 0 Å². The Kier molecular flexibility index (Phi) is 2.45. The van der Waals surface area contributed by atoms with Crippen LogP contribution in [0.5, 0.6) is 0 Å². The lowest BCUT2D eigenvalue weighted by atomic mass is 10.3. The molecule has 3 rings (SSSR count). The monoisotopic (exact) mass is 255 g/mol. The van der Waals surface area contributed by atoms with Gasteiger partial charge in [0.2, 0.25) is 0 Å². The Morgan fingerprint density at radius 1 is 1.26 bits per heavy atom.